The quantitative estimate of drug-likeness (QED) is 0.877. The largest absolute Gasteiger partial charge is 0.497 e. The molecule has 16 heavy (non-hydrogen) atoms. The molecule has 0 aliphatic heterocycles. The van der Waals surface area contributed by atoms with Crippen LogP contribution < -0.4 is 4.74 Å². The third kappa shape index (κ3) is 2.92. The van der Waals surface area contributed by atoms with Gasteiger partial charge in [0.2, 0.25) is 0 Å². The van der Waals surface area contributed by atoms with Gasteiger partial charge in [0.25, 0.3) is 0 Å². The molecule has 0 bridgehead atoms. The lowest BCUT2D eigenvalue weighted by Crippen LogP contribution is -2.26. The third-order valence-electron chi connectivity index (χ3n) is 3.01. The summed E-state index contributed by atoms with van der Waals surface area (Å²) in [5, 5.41) is 10.2. The van der Waals surface area contributed by atoms with Crippen LogP contribution in [0.2, 0.25) is 0 Å². The maximum absolute atomic E-state index is 9.89. The van der Waals surface area contributed by atoms with E-state index >= 15 is 0 Å². The SMILES string of the molecule is COc1ccc(S[C@H]2CCCC[C@@H]2O)cc1. The van der Waals surface area contributed by atoms with E-state index in [0.29, 0.717) is 5.25 Å². The van der Waals surface area contributed by atoms with Crippen LogP contribution in [0, 0.1) is 0 Å². The number of rotatable bonds is 3. The maximum Gasteiger partial charge on any atom is 0.118 e. The fraction of sp³-hybridized carbons (Fsp3) is 0.538. The predicted molar refractivity (Wildman–Crippen MR) is 67.1 cm³/mol. The lowest BCUT2D eigenvalue weighted by Gasteiger charge is -2.26. The van der Waals surface area contributed by atoms with Gasteiger partial charge in [-0.15, -0.1) is 11.8 Å². The molecule has 88 valence electrons. The molecule has 0 saturated heterocycles. The van der Waals surface area contributed by atoms with Gasteiger partial charge in [-0.05, 0) is 37.1 Å². The maximum atomic E-state index is 9.89. The zero-order valence-electron chi connectivity index (χ0n) is 9.56. The number of thioether (sulfide) groups is 1. The molecule has 0 radical (unpaired) electrons. The Morgan fingerprint density at radius 1 is 1.19 bits per heavy atom. The zero-order chi connectivity index (χ0) is 11.4. The molecule has 0 unspecified atom stereocenters. The van der Waals surface area contributed by atoms with Gasteiger partial charge in [0.1, 0.15) is 5.75 Å². The molecule has 1 N–H and O–H groups in total. The highest BCUT2D eigenvalue weighted by molar-refractivity contribution is 8.00. The third-order valence-corrected chi connectivity index (χ3v) is 4.41. The predicted octanol–water partition coefficient (Wildman–Crippen LogP) is 3.09. The molecule has 2 rings (SSSR count). The summed E-state index contributed by atoms with van der Waals surface area (Å²) < 4.78 is 5.12. The van der Waals surface area contributed by atoms with Gasteiger partial charge in [-0.25, -0.2) is 0 Å². The Bertz CT molecular complexity index is 323. The van der Waals surface area contributed by atoms with Crippen LogP contribution in [0.25, 0.3) is 0 Å². The molecule has 0 aromatic heterocycles. The van der Waals surface area contributed by atoms with Crippen molar-refractivity contribution in [1.82, 2.24) is 0 Å². The van der Waals surface area contributed by atoms with Crippen molar-refractivity contribution in [1.29, 1.82) is 0 Å². The highest BCUT2D eigenvalue weighted by Crippen LogP contribution is 2.34. The molecular formula is C13H18O2S. The van der Waals surface area contributed by atoms with Crippen LogP contribution in [0.3, 0.4) is 0 Å². The molecule has 1 saturated carbocycles. The molecule has 0 heterocycles. The van der Waals surface area contributed by atoms with Crippen molar-refractivity contribution in [3.63, 3.8) is 0 Å². The van der Waals surface area contributed by atoms with E-state index in [4.69, 9.17) is 4.74 Å². The van der Waals surface area contributed by atoms with Gasteiger partial charge in [0.15, 0.2) is 0 Å². The number of benzene rings is 1. The second-order valence-electron chi connectivity index (χ2n) is 4.18. The fourth-order valence-electron chi connectivity index (χ4n) is 2.04. The summed E-state index contributed by atoms with van der Waals surface area (Å²) in [4.78, 5) is 1.21. The van der Waals surface area contributed by atoms with Crippen molar-refractivity contribution in [3.05, 3.63) is 24.3 Å². The topological polar surface area (TPSA) is 29.5 Å². The number of hydrogen-bond donors (Lipinski definition) is 1. The molecular weight excluding hydrogens is 220 g/mol. The Morgan fingerprint density at radius 3 is 2.50 bits per heavy atom. The minimum atomic E-state index is -0.138. The first kappa shape index (κ1) is 11.8. The van der Waals surface area contributed by atoms with Crippen molar-refractivity contribution >= 4 is 11.8 Å². The second-order valence-corrected chi connectivity index (χ2v) is 5.50. The van der Waals surface area contributed by atoms with E-state index in [1.54, 1.807) is 18.9 Å². The highest BCUT2D eigenvalue weighted by atomic mass is 32.2. The van der Waals surface area contributed by atoms with Gasteiger partial charge in [0, 0.05) is 10.1 Å². The number of hydrogen-bond acceptors (Lipinski definition) is 3. The van der Waals surface area contributed by atoms with Gasteiger partial charge in [0.05, 0.1) is 13.2 Å². The van der Waals surface area contributed by atoms with Gasteiger partial charge >= 0.3 is 0 Å². The molecule has 1 aliphatic rings. The van der Waals surface area contributed by atoms with Crippen molar-refractivity contribution in [2.45, 2.75) is 41.9 Å². The van der Waals surface area contributed by atoms with Crippen LogP contribution in [-0.4, -0.2) is 23.6 Å². The van der Waals surface area contributed by atoms with Crippen molar-refractivity contribution < 1.29 is 9.84 Å². The summed E-state index contributed by atoms with van der Waals surface area (Å²) >= 11 is 1.79. The number of ether oxygens (including phenoxy) is 1. The standard InChI is InChI=1S/C13H18O2S/c1-15-10-6-8-11(9-7-10)16-13-5-3-2-4-12(13)14/h6-9,12-14H,2-5H2,1H3/t12-,13-/m0/s1. The van der Waals surface area contributed by atoms with E-state index in [2.05, 4.69) is 12.1 Å². The van der Waals surface area contributed by atoms with E-state index in [-0.39, 0.29) is 6.10 Å². The van der Waals surface area contributed by atoms with Crippen LogP contribution in [0.1, 0.15) is 25.7 Å². The van der Waals surface area contributed by atoms with Crippen LogP contribution in [0.5, 0.6) is 5.75 Å². The number of aliphatic hydroxyl groups excluding tert-OH is 1. The summed E-state index contributed by atoms with van der Waals surface area (Å²) in [5.74, 6) is 0.883. The van der Waals surface area contributed by atoms with E-state index < -0.39 is 0 Å². The monoisotopic (exact) mass is 238 g/mol. The summed E-state index contributed by atoms with van der Waals surface area (Å²) in [6.07, 6.45) is 4.35. The highest BCUT2D eigenvalue weighted by Gasteiger charge is 2.23. The Morgan fingerprint density at radius 2 is 1.88 bits per heavy atom. The smallest absolute Gasteiger partial charge is 0.118 e. The number of methoxy groups -OCH3 is 1. The minimum absolute atomic E-state index is 0.138. The van der Waals surface area contributed by atoms with E-state index in [0.717, 1.165) is 18.6 Å². The average molecular weight is 238 g/mol. The molecule has 2 atom stereocenters. The minimum Gasteiger partial charge on any atom is -0.497 e. The molecule has 3 heteroatoms. The van der Waals surface area contributed by atoms with Gasteiger partial charge in [-0.1, -0.05) is 12.8 Å². The van der Waals surface area contributed by atoms with Crippen LogP contribution >= 0.6 is 11.8 Å². The second kappa shape index (κ2) is 5.60. The summed E-state index contributed by atoms with van der Waals surface area (Å²) in [6, 6.07) is 8.06. The lowest BCUT2D eigenvalue weighted by atomic mass is 9.97. The zero-order valence-corrected chi connectivity index (χ0v) is 10.4. The molecule has 0 amide bonds. The van der Waals surface area contributed by atoms with Crippen molar-refractivity contribution in [2.24, 2.45) is 0 Å². The Labute approximate surface area is 101 Å². The molecule has 1 aliphatic carbocycles. The van der Waals surface area contributed by atoms with Gasteiger partial charge < -0.3 is 9.84 Å². The van der Waals surface area contributed by atoms with E-state index in [9.17, 15) is 5.11 Å². The van der Waals surface area contributed by atoms with Crippen LogP contribution in [0.4, 0.5) is 0 Å². The summed E-state index contributed by atoms with van der Waals surface area (Å²) in [5.41, 5.74) is 0. The first-order valence-corrected chi connectivity index (χ1v) is 6.66. The Balaban J connectivity index is 1.96. The Hall–Kier alpha value is -0.670. The van der Waals surface area contributed by atoms with Crippen LogP contribution in [0.15, 0.2) is 29.2 Å². The van der Waals surface area contributed by atoms with Crippen molar-refractivity contribution in [2.75, 3.05) is 7.11 Å². The first-order valence-electron chi connectivity index (χ1n) is 5.78. The molecule has 1 fully saturated rings. The first-order chi connectivity index (χ1) is 7.79. The summed E-state index contributed by atoms with van der Waals surface area (Å²) in [7, 11) is 1.67. The molecule has 1 aromatic rings. The van der Waals surface area contributed by atoms with Crippen molar-refractivity contribution in [3.8, 4) is 5.75 Å². The average Bonchev–Trinajstić information content (AvgIpc) is 2.33. The molecule has 0 spiro atoms. The number of aliphatic hydroxyl groups is 1. The van der Waals surface area contributed by atoms with E-state index in [1.807, 2.05) is 12.1 Å². The fourth-order valence-corrected chi connectivity index (χ4v) is 3.26. The molecule has 1 aromatic carbocycles. The van der Waals surface area contributed by atoms with Crippen LogP contribution in [-0.2, 0) is 0 Å². The Kier molecular flexibility index (Phi) is 4.13. The normalized spacial score (nSPS) is 25.4. The summed E-state index contributed by atoms with van der Waals surface area (Å²) in [6.45, 7) is 0. The van der Waals surface area contributed by atoms with Gasteiger partial charge in [-0.2, -0.15) is 0 Å². The lowest BCUT2D eigenvalue weighted by molar-refractivity contribution is 0.137. The van der Waals surface area contributed by atoms with E-state index in [1.165, 1.54) is 17.7 Å². The van der Waals surface area contributed by atoms with Gasteiger partial charge in [-0.3, -0.25) is 0 Å². The molecule has 2 nitrogen and oxygen atoms in total.